The molecule has 0 unspecified atom stereocenters. The number of aryl methyl sites for hydroxylation is 1. The highest BCUT2D eigenvalue weighted by Crippen LogP contribution is 1.91. The summed E-state index contributed by atoms with van der Waals surface area (Å²) in [5, 5.41) is 9.69. The molecular formula is C7H10N4O2. The average molecular weight is 182 g/mol. The molecule has 1 amide bonds. The second-order valence-corrected chi connectivity index (χ2v) is 2.45. The number of hydrogen-bond donors (Lipinski definition) is 1. The van der Waals surface area contributed by atoms with Crippen molar-refractivity contribution in [3.05, 3.63) is 11.9 Å². The van der Waals surface area contributed by atoms with Crippen LogP contribution >= 0.6 is 0 Å². The van der Waals surface area contributed by atoms with Crippen LogP contribution in [0.5, 0.6) is 0 Å². The standard InChI is InChI=1S/C7H10N4O2/c1-8-7(13)2-3-11-4-6(5-12)9-10-11/h4-5H,2-3H2,1H3,(H,8,13). The Balaban J connectivity index is 2.45. The van der Waals surface area contributed by atoms with E-state index in [-0.39, 0.29) is 11.6 Å². The molecule has 0 aromatic carbocycles. The molecule has 0 atom stereocenters. The van der Waals surface area contributed by atoms with Gasteiger partial charge in [-0.3, -0.25) is 14.3 Å². The molecule has 0 bridgehead atoms. The first kappa shape index (κ1) is 9.37. The lowest BCUT2D eigenvalue weighted by Crippen LogP contribution is -2.19. The Morgan fingerprint density at radius 3 is 3.08 bits per heavy atom. The molecule has 0 radical (unpaired) electrons. The molecule has 1 aromatic heterocycles. The summed E-state index contributed by atoms with van der Waals surface area (Å²) in [5.74, 6) is -0.0665. The minimum atomic E-state index is -0.0665. The maximum absolute atomic E-state index is 10.8. The zero-order valence-electron chi connectivity index (χ0n) is 7.23. The van der Waals surface area contributed by atoms with Crippen LogP contribution in [-0.2, 0) is 11.3 Å². The second kappa shape index (κ2) is 4.34. The number of rotatable bonds is 4. The van der Waals surface area contributed by atoms with E-state index in [1.165, 1.54) is 10.9 Å². The van der Waals surface area contributed by atoms with Gasteiger partial charge in [0, 0.05) is 13.5 Å². The molecule has 70 valence electrons. The van der Waals surface area contributed by atoms with E-state index in [4.69, 9.17) is 0 Å². The normalized spacial score (nSPS) is 9.62. The molecule has 0 spiro atoms. The van der Waals surface area contributed by atoms with Crippen molar-refractivity contribution in [3.63, 3.8) is 0 Å². The summed E-state index contributed by atoms with van der Waals surface area (Å²) in [4.78, 5) is 21.0. The van der Waals surface area contributed by atoms with Gasteiger partial charge >= 0.3 is 0 Å². The quantitative estimate of drug-likeness (QED) is 0.620. The zero-order valence-corrected chi connectivity index (χ0v) is 7.23. The van der Waals surface area contributed by atoms with Gasteiger partial charge in [-0.05, 0) is 0 Å². The third-order valence-corrected chi connectivity index (χ3v) is 1.52. The Morgan fingerprint density at radius 2 is 2.54 bits per heavy atom. The lowest BCUT2D eigenvalue weighted by atomic mass is 10.4. The SMILES string of the molecule is CNC(=O)CCn1cc(C=O)nn1. The average Bonchev–Trinajstić information content (AvgIpc) is 2.61. The van der Waals surface area contributed by atoms with Gasteiger partial charge in [0.15, 0.2) is 6.29 Å². The van der Waals surface area contributed by atoms with E-state index >= 15 is 0 Å². The molecule has 0 saturated carbocycles. The third-order valence-electron chi connectivity index (χ3n) is 1.52. The third kappa shape index (κ3) is 2.66. The van der Waals surface area contributed by atoms with Gasteiger partial charge in [-0.1, -0.05) is 5.21 Å². The maximum Gasteiger partial charge on any atom is 0.221 e. The summed E-state index contributed by atoms with van der Waals surface area (Å²) in [7, 11) is 1.57. The molecule has 1 rings (SSSR count). The number of carbonyl (C=O) groups is 2. The summed E-state index contributed by atoms with van der Waals surface area (Å²) in [6, 6.07) is 0. The van der Waals surface area contributed by atoms with Crippen molar-refractivity contribution in [3.8, 4) is 0 Å². The number of aldehydes is 1. The molecular weight excluding hydrogens is 172 g/mol. The van der Waals surface area contributed by atoms with Crippen molar-refractivity contribution in [1.82, 2.24) is 20.3 Å². The van der Waals surface area contributed by atoms with E-state index in [2.05, 4.69) is 15.6 Å². The molecule has 6 heteroatoms. The molecule has 0 fully saturated rings. The van der Waals surface area contributed by atoms with Crippen LogP contribution in [0, 0.1) is 0 Å². The summed E-state index contributed by atoms with van der Waals surface area (Å²) >= 11 is 0. The molecule has 1 aromatic rings. The minimum Gasteiger partial charge on any atom is -0.359 e. The van der Waals surface area contributed by atoms with E-state index in [0.717, 1.165) is 0 Å². The first-order valence-electron chi connectivity index (χ1n) is 3.82. The van der Waals surface area contributed by atoms with E-state index < -0.39 is 0 Å². The molecule has 1 heterocycles. The minimum absolute atomic E-state index is 0.0665. The fraction of sp³-hybridized carbons (Fsp3) is 0.429. The highest BCUT2D eigenvalue weighted by molar-refractivity contribution is 5.75. The molecule has 0 aliphatic heterocycles. The van der Waals surface area contributed by atoms with Gasteiger partial charge in [0.25, 0.3) is 0 Å². The Morgan fingerprint density at radius 1 is 1.77 bits per heavy atom. The molecule has 1 N–H and O–H groups in total. The number of carbonyl (C=O) groups excluding carboxylic acids is 2. The Labute approximate surface area is 74.9 Å². The lowest BCUT2D eigenvalue weighted by molar-refractivity contribution is -0.120. The van der Waals surface area contributed by atoms with Crippen molar-refractivity contribution >= 4 is 12.2 Å². The van der Waals surface area contributed by atoms with Crippen molar-refractivity contribution in [1.29, 1.82) is 0 Å². The number of nitrogens with one attached hydrogen (secondary N) is 1. The Kier molecular flexibility index (Phi) is 3.13. The van der Waals surface area contributed by atoms with Crippen LogP contribution < -0.4 is 5.32 Å². The summed E-state index contributed by atoms with van der Waals surface area (Å²) < 4.78 is 1.46. The second-order valence-electron chi connectivity index (χ2n) is 2.45. The highest BCUT2D eigenvalue weighted by Gasteiger charge is 2.01. The summed E-state index contributed by atoms with van der Waals surface area (Å²) in [6.45, 7) is 0.431. The largest absolute Gasteiger partial charge is 0.359 e. The van der Waals surface area contributed by atoms with Gasteiger partial charge in [-0.2, -0.15) is 0 Å². The maximum atomic E-state index is 10.8. The van der Waals surface area contributed by atoms with Gasteiger partial charge in [0.2, 0.25) is 5.91 Å². The monoisotopic (exact) mass is 182 g/mol. The predicted molar refractivity (Wildman–Crippen MR) is 44.1 cm³/mol. The molecule has 0 saturated heterocycles. The number of aromatic nitrogens is 3. The summed E-state index contributed by atoms with van der Waals surface area (Å²) in [5.41, 5.74) is 0.275. The van der Waals surface area contributed by atoms with Crippen molar-refractivity contribution < 1.29 is 9.59 Å². The van der Waals surface area contributed by atoms with E-state index in [1.807, 2.05) is 0 Å². The lowest BCUT2D eigenvalue weighted by Gasteiger charge is -1.98. The fourth-order valence-corrected chi connectivity index (χ4v) is 0.818. The first-order valence-corrected chi connectivity index (χ1v) is 3.82. The first-order chi connectivity index (χ1) is 6.26. The van der Waals surface area contributed by atoms with Crippen molar-refractivity contribution in [2.24, 2.45) is 0 Å². The summed E-state index contributed by atoms with van der Waals surface area (Å²) in [6.07, 6.45) is 2.44. The van der Waals surface area contributed by atoms with Crippen LogP contribution in [0.1, 0.15) is 16.9 Å². The van der Waals surface area contributed by atoms with Gasteiger partial charge in [-0.25, -0.2) is 0 Å². The van der Waals surface area contributed by atoms with Crippen LogP contribution in [0.15, 0.2) is 6.20 Å². The number of nitrogens with zero attached hydrogens (tertiary/aromatic N) is 3. The van der Waals surface area contributed by atoms with Gasteiger partial charge in [0.05, 0.1) is 12.7 Å². The Hall–Kier alpha value is -1.72. The highest BCUT2D eigenvalue weighted by atomic mass is 16.1. The molecule has 6 nitrogen and oxygen atoms in total. The number of amides is 1. The van der Waals surface area contributed by atoms with Crippen LogP contribution in [0.2, 0.25) is 0 Å². The van der Waals surface area contributed by atoms with Crippen molar-refractivity contribution in [2.75, 3.05) is 7.05 Å². The smallest absolute Gasteiger partial charge is 0.221 e. The molecule has 0 aliphatic carbocycles. The fourth-order valence-electron chi connectivity index (χ4n) is 0.818. The van der Waals surface area contributed by atoms with Gasteiger partial charge in [-0.15, -0.1) is 5.10 Å². The van der Waals surface area contributed by atoms with Gasteiger partial charge in [0.1, 0.15) is 5.69 Å². The van der Waals surface area contributed by atoms with E-state index in [1.54, 1.807) is 7.05 Å². The zero-order chi connectivity index (χ0) is 9.68. The Bertz CT molecular complexity index is 307. The topological polar surface area (TPSA) is 76.9 Å². The van der Waals surface area contributed by atoms with Crippen molar-refractivity contribution in [2.45, 2.75) is 13.0 Å². The van der Waals surface area contributed by atoms with E-state index in [0.29, 0.717) is 19.3 Å². The van der Waals surface area contributed by atoms with Crippen LogP contribution in [0.25, 0.3) is 0 Å². The van der Waals surface area contributed by atoms with Gasteiger partial charge < -0.3 is 5.32 Å². The predicted octanol–water partition coefficient (Wildman–Crippen LogP) is -0.773. The molecule has 0 aliphatic rings. The van der Waals surface area contributed by atoms with Crippen LogP contribution in [-0.4, -0.2) is 34.2 Å². The van der Waals surface area contributed by atoms with Crippen LogP contribution in [0.3, 0.4) is 0 Å². The van der Waals surface area contributed by atoms with E-state index in [9.17, 15) is 9.59 Å². The van der Waals surface area contributed by atoms with Crippen LogP contribution in [0.4, 0.5) is 0 Å². The number of hydrogen-bond acceptors (Lipinski definition) is 4. The molecule has 13 heavy (non-hydrogen) atoms.